The third kappa shape index (κ3) is 3.81. The zero-order valence-corrected chi connectivity index (χ0v) is 11.9. The molecule has 5 heteroatoms. The predicted octanol–water partition coefficient (Wildman–Crippen LogP) is 1.42. The van der Waals surface area contributed by atoms with E-state index in [0.717, 1.165) is 12.8 Å². The lowest BCUT2D eigenvalue weighted by Crippen LogP contribution is -2.40. The van der Waals surface area contributed by atoms with E-state index in [2.05, 4.69) is 11.8 Å². The molecule has 0 spiro atoms. The van der Waals surface area contributed by atoms with E-state index in [1.54, 1.807) is 11.9 Å². The van der Waals surface area contributed by atoms with Gasteiger partial charge in [-0.2, -0.15) is 0 Å². The maximum Gasteiger partial charge on any atom is 0.255 e. The van der Waals surface area contributed by atoms with Gasteiger partial charge in [0.25, 0.3) is 5.91 Å². The maximum absolute atomic E-state index is 13.4. The molecule has 1 aromatic carbocycles. The van der Waals surface area contributed by atoms with Gasteiger partial charge >= 0.3 is 0 Å². The molecule has 0 aliphatic carbocycles. The average molecular weight is 291 g/mol. The molecule has 0 aromatic heterocycles. The minimum Gasteiger partial charge on any atom is -0.384 e. The van der Waals surface area contributed by atoms with E-state index in [1.807, 2.05) is 0 Å². The van der Waals surface area contributed by atoms with Crippen molar-refractivity contribution in [2.75, 3.05) is 26.9 Å². The van der Waals surface area contributed by atoms with E-state index in [9.17, 15) is 9.18 Å². The molecule has 4 nitrogen and oxygen atoms in total. The van der Waals surface area contributed by atoms with Gasteiger partial charge in [-0.05, 0) is 31.0 Å². The fourth-order valence-corrected chi connectivity index (χ4v) is 2.37. The molecule has 1 N–H and O–H groups in total. The van der Waals surface area contributed by atoms with Gasteiger partial charge in [0.05, 0.1) is 5.56 Å². The standard InChI is InChI=1S/C16H18FNO3/c1-18(14-6-9-21-10-7-14)16(20)15-11-13(17)5-4-12(15)3-2-8-19/h4-5,11,14,19H,6-10H2,1H3. The van der Waals surface area contributed by atoms with Gasteiger partial charge < -0.3 is 14.7 Å². The highest BCUT2D eigenvalue weighted by Gasteiger charge is 2.24. The van der Waals surface area contributed by atoms with Crippen LogP contribution in [0.4, 0.5) is 4.39 Å². The monoisotopic (exact) mass is 291 g/mol. The first-order chi connectivity index (χ1) is 10.1. The Bertz CT molecular complexity index is 571. The number of carbonyl (C=O) groups excluding carboxylic acids is 1. The number of hydrogen-bond acceptors (Lipinski definition) is 3. The van der Waals surface area contributed by atoms with E-state index < -0.39 is 5.82 Å². The lowest BCUT2D eigenvalue weighted by atomic mass is 10.0. The molecule has 1 fully saturated rings. The number of aliphatic hydroxyl groups is 1. The minimum atomic E-state index is -0.478. The van der Waals surface area contributed by atoms with E-state index in [1.165, 1.54) is 18.2 Å². The van der Waals surface area contributed by atoms with Crippen molar-refractivity contribution in [3.05, 3.63) is 35.1 Å². The van der Waals surface area contributed by atoms with Crippen LogP contribution in [0, 0.1) is 17.7 Å². The average Bonchev–Trinajstić information content (AvgIpc) is 2.53. The summed E-state index contributed by atoms with van der Waals surface area (Å²) < 4.78 is 18.7. The molecular weight excluding hydrogens is 273 g/mol. The number of halogens is 1. The second-order valence-electron chi connectivity index (χ2n) is 4.91. The molecule has 2 rings (SSSR count). The Morgan fingerprint density at radius 3 is 2.86 bits per heavy atom. The molecule has 1 aliphatic rings. The van der Waals surface area contributed by atoms with Crippen LogP contribution in [-0.4, -0.2) is 48.8 Å². The molecule has 0 unspecified atom stereocenters. The summed E-state index contributed by atoms with van der Waals surface area (Å²) in [7, 11) is 1.71. The molecule has 0 bridgehead atoms. The predicted molar refractivity (Wildman–Crippen MR) is 76.3 cm³/mol. The molecule has 0 radical (unpaired) electrons. The summed E-state index contributed by atoms with van der Waals surface area (Å²) in [5, 5.41) is 8.77. The van der Waals surface area contributed by atoms with Gasteiger partial charge in [-0.15, -0.1) is 0 Å². The molecule has 1 heterocycles. The van der Waals surface area contributed by atoms with Gasteiger partial charge in [-0.1, -0.05) is 11.8 Å². The second-order valence-corrected chi connectivity index (χ2v) is 4.91. The number of carbonyl (C=O) groups is 1. The van der Waals surface area contributed by atoms with Crippen LogP contribution in [-0.2, 0) is 4.74 Å². The first-order valence-corrected chi connectivity index (χ1v) is 6.87. The highest BCUT2D eigenvalue weighted by Crippen LogP contribution is 2.18. The highest BCUT2D eigenvalue weighted by atomic mass is 19.1. The Morgan fingerprint density at radius 1 is 1.48 bits per heavy atom. The SMILES string of the molecule is CN(C(=O)c1cc(F)ccc1C#CCO)C1CCOCC1. The third-order valence-electron chi connectivity index (χ3n) is 3.57. The number of ether oxygens (including phenoxy) is 1. The molecule has 1 amide bonds. The lowest BCUT2D eigenvalue weighted by molar-refractivity contribution is 0.0361. The number of amides is 1. The van der Waals surface area contributed by atoms with Crippen molar-refractivity contribution in [2.45, 2.75) is 18.9 Å². The third-order valence-corrected chi connectivity index (χ3v) is 3.57. The zero-order chi connectivity index (χ0) is 15.2. The van der Waals surface area contributed by atoms with Crippen LogP contribution < -0.4 is 0 Å². The van der Waals surface area contributed by atoms with Crippen molar-refractivity contribution in [3.63, 3.8) is 0 Å². The molecule has 1 saturated heterocycles. The quantitative estimate of drug-likeness (QED) is 0.838. The molecule has 0 atom stereocenters. The van der Waals surface area contributed by atoms with E-state index in [0.29, 0.717) is 18.8 Å². The van der Waals surface area contributed by atoms with Crippen LogP contribution in [0.25, 0.3) is 0 Å². The van der Waals surface area contributed by atoms with Crippen molar-refractivity contribution in [1.29, 1.82) is 0 Å². The Kier molecular flexibility index (Phi) is 5.32. The molecule has 21 heavy (non-hydrogen) atoms. The lowest BCUT2D eigenvalue weighted by Gasteiger charge is -2.31. The number of rotatable bonds is 2. The molecule has 0 saturated carbocycles. The van der Waals surface area contributed by atoms with E-state index in [-0.39, 0.29) is 24.1 Å². The van der Waals surface area contributed by atoms with Crippen LogP contribution in [0.3, 0.4) is 0 Å². The van der Waals surface area contributed by atoms with Crippen LogP contribution >= 0.6 is 0 Å². The van der Waals surface area contributed by atoms with Gasteiger partial charge in [0.1, 0.15) is 12.4 Å². The number of benzene rings is 1. The number of aliphatic hydroxyl groups excluding tert-OH is 1. The molecule has 112 valence electrons. The Balaban J connectivity index is 2.26. The fourth-order valence-electron chi connectivity index (χ4n) is 2.37. The Morgan fingerprint density at radius 2 is 2.19 bits per heavy atom. The summed E-state index contributed by atoms with van der Waals surface area (Å²) >= 11 is 0. The molecule has 1 aliphatic heterocycles. The van der Waals surface area contributed by atoms with Crippen molar-refractivity contribution in [3.8, 4) is 11.8 Å². The summed E-state index contributed by atoms with van der Waals surface area (Å²) in [6.07, 6.45) is 1.55. The zero-order valence-electron chi connectivity index (χ0n) is 11.9. The summed E-state index contributed by atoms with van der Waals surface area (Å²) in [6, 6.07) is 4.00. The van der Waals surface area contributed by atoms with Crippen molar-refractivity contribution in [1.82, 2.24) is 4.90 Å². The van der Waals surface area contributed by atoms with E-state index in [4.69, 9.17) is 9.84 Å². The maximum atomic E-state index is 13.4. The van der Waals surface area contributed by atoms with Crippen LogP contribution in [0.1, 0.15) is 28.8 Å². The smallest absolute Gasteiger partial charge is 0.255 e. The summed E-state index contributed by atoms with van der Waals surface area (Å²) in [4.78, 5) is 14.2. The fraction of sp³-hybridized carbons (Fsp3) is 0.438. The highest BCUT2D eigenvalue weighted by molar-refractivity contribution is 5.96. The van der Waals surface area contributed by atoms with Crippen molar-refractivity contribution in [2.24, 2.45) is 0 Å². The van der Waals surface area contributed by atoms with Crippen LogP contribution in [0.2, 0.25) is 0 Å². The van der Waals surface area contributed by atoms with Crippen LogP contribution in [0.5, 0.6) is 0 Å². The molecular formula is C16H18FNO3. The summed E-state index contributed by atoms with van der Waals surface area (Å²) in [6.45, 7) is 0.950. The van der Waals surface area contributed by atoms with Gasteiger partial charge in [0.2, 0.25) is 0 Å². The molecule has 1 aromatic rings. The van der Waals surface area contributed by atoms with E-state index >= 15 is 0 Å². The Labute approximate surface area is 123 Å². The van der Waals surface area contributed by atoms with Gasteiger partial charge in [-0.3, -0.25) is 4.79 Å². The second kappa shape index (κ2) is 7.21. The summed E-state index contributed by atoms with van der Waals surface area (Å²) in [5.74, 6) is 4.44. The minimum absolute atomic E-state index is 0.0909. The first-order valence-electron chi connectivity index (χ1n) is 6.87. The first kappa shape index (κ1) is 15.5. The summed E-state index contributed by atoms with van der Waals surface area (Å²) in [5.41, 5.74) is 0.652. The largest absolute Gasteiger partial charge is 0.384 e. The number of nitrogens with zero attached hydrogens (tertiary/aromatic N) is 1. The topological polar surface area (TPSA) is 49.8 Å². The van der Waals surface area contributed by atoms with Gasteiger partial charge in [0.15, 0.2) is 0 Å². The van der Waals surface area contributed by atoms with Crippen LogP contribution in [0.15, 0.2) is 18.2 Å². The van der Waals surface area contributed by atoms with Gasteiger partial charge in [-0.25, -0.2) is 4.39 Å². The normalized spacial score (nSPS) is 15.2. The Hall–Kier alpha value is -1.90. The van der Waals surface area contributed by atoms with Crippen molar-refractivity contribution < 1.29 is 19.0 Å². The van der Waals surface area contributed by atoms with Crippen molar-refractivity contribution >= 4 is 5.91 Å². The number of hydrogen-bond donors (Lipinski definition) is 1. The van der Waals surface area contributed by atoms with Gasteiger partial charge in [0, 0.05) is 31.9 Å².